The number of benzene rings is 1. The molecule has 0 saturated carbocycles. The Bertz CT molecular complexity index is 352. The third kappa shape index (κ3) is 3.09. The van der Waals surface area contributed by atoms with Crippen LogP contribution in [-0.4, -0.2) is 10.9 Å². The smallest absolute Gasteiger partial charge is 0.0655 e. The average molecular weight is 219 g/mol. The van der Waals surface area contributed by atoms with E-state index in [0.717, 1.165) is 12.1 Å². The van der Waals surface area contributed by atoms with E-state index in [1.54, 1.807) is 0 Å². The first-order chi connectivity index (χ1) is 7.47. The highest BCUT2D eigenvalue weighted by molar-refractivity contribution is 5.90. The van der Waals surface area contributed by atoms with Gasteiger partial charge < -0.3 is 5.21 Å². The van der Waals surface area contributed by atoms with Gasteiger partial charge in [0.25, 0.3) is 0 Å². The Hall–Kier alpha value is -1.31. The minimum atomic E-state index is -0.107. The number of oxime groups is 1. The Morgan fingerprint density at radius 1 is 1.25 bits per heavy atom. The van der Waals surface area contributed by atoms with Gasteiger partial charge in [-0.1, -0.05) is 63.2 Å². The zero-order valence-corrected chi connectivity index (χ0v) is 10.6. The van der Waals surface area contributed by atoms with Crippen molar-refractivity contribution in [2.24, 2.45) is 16.5 Å². The van der Waals surface area contributed by atoms with Crippen molar-refractivity contribution in [1.29, 1.82) is 0 Å². The molecule has 88 valence electrons. The van der Waals surface area contributed by atoms with Crippen molar-refractivity contribution in [3.05, 3.63) is 35.9 Å². The van der Waals surface area contributed by atoms with Crippen molar-refractivity contribution >= 4 is 5.71 Å². The standard InChI is InChI=1S/C14H21NO/c1-11(2)13(15-16)14(3,4)10-12-8-6-5-7-9-12/h5-9,11,16H,10H2,1-4H3/b15-13-. The van der Waals surface area contributed by atoms with Crippen molar-refractivity contribution in [2.45, 2.75) is 34.1 Å². The lowest BCUT2D eigenvalue weighted by Crippen LogP contribution is -2.31. The van der Waals surface area contributed by atoms with E-state index >= 15 is 0 Å². The van der Waals surface area contributed by atoms with Crippen molar-refractivity contribution in [3.8, 4) is 0 Å². The van der Waals surface area contributed by atoms with Gasteiger partial charge in [-0.05, 0) is 17.9 Å². The van der Waals surface area contributed by atoms with Gasteiger partial charge in [0.1, 0.15) is 0 Å². The van der Waals surface area contributed by atoms with Crippen LogP contribution in [0.4, 0.5) is 0 Å². The van der Waals surface area contributed by atoms with Crippen LogP contribution < -0.4 is 0 Å². The van der Waals surface area contributed by atoms with Crippen molar-refractivity contribution in [1.82, 2.24) is 0 Å². The normalized spacial score (nSPS) is 13.2. The molecule has 0 unspecified atom stereocenters. The minimum absolute atomic E-state index is 0.107. The summed E-state index contributed by atoms with van der Waals surface area (Å²) in [5.41, 5.74) is 2.02. The van der Waals surface area contributed by atoms with E-state index in [4.69, 9.17) is 5.21 Å². The lowest BCUT2D eigenvalue weighted by atomic mass is 9.77. The van der Waals surface area contributed by atoms with Crippen LogP contribution in [-0.2, 0) is 6.42 Å². The molecule has 1 N–H and O–H groups in total. The molecule has 2 nitrogen and oxygen atoms in total. The second-order valence-corrected chi connectivity index (χ2v) is 5.19. The summed E-state index contributed by atoms with van der Waals surface area (Å²) in [6.07, 6.45) is 0.894. The van der Waals surface area contributed by atoms with Crippen LogP contribution in [0, 0.1) is 11.3 Å². The first kappa shape index (κ1) is 12.8. The molecule has 16 heavy (non-hydrogen) atoms. The molecule has 0 saturated heterocycles. The van der Waals surface area contributed by atoms with Crippen LogP contribution in [0.2, 0.25) is 0 Å². The Morgan fingerprint density at radius 3 is 2.25 bits per heavy atom. The fourth-order valence-electron chi connectivity index (χ4n) is 2.23. The first-order valence-electron chi connectivity index (χ1n) is 5.73. The van der Waals surface area contributed by atoms with Crippen molar-refractivity contribution < 1.29 is 5.21 Å². The minimum Gasteiger partial charge on any atom is -0.411 e. The van der Waals surface area contributed by atoms with Crippen LogP contribution >= 0.6 is 0 Å². The highest BCUT2D eigenvalue weighted by atomic mass is 16.4. The van der Waals surface area contributed by atoms with E-state index in [0.29, 0.717) is 0 Å². The van der Waals surface area contributed by atoms with Gasteiger partial charge in [-0.2, -0.15) is 0 Å². The van der Waals surface area contributed by atoms with E-state index < -0.39 is 0 Å². The quantitative estimate of drug-likeness (QED) is 0.467. The summed E-state index contributed by atoms with van der Waals surface area (Å²) in [4.78, 5) is 0. The van der Waals surface area contributed by atoms with Crippen molar-refractivity contribution in [2.75, 3.05) is 0 Å². The highest BCUT2D eigenvalue weighted by Gasteiger charge is 2.28. The molecule has 0 atom stereocenters. The summed E-state index contributed by atoms with van der Waals surface area (Å²) >= 11 is 0. The molecule has 0 bridgehead atoms. The van der Waals surface area contributed by atoms with Crippen LogP contribution in [0.1, 0.15) is 33.3 Å². The van der Waals surface area contributed by atoms with Crippen LogP contribution in [0.25, 0.3) is 0 Å². The Labute approximate surface area is 98.0 Å². The Morgan fingerprint density at radius 2 is 1.81 bits per heavy atom. The predicted octanol–water partition coefficient (Wildman–Crippen LogP) is 3.74. The maximum absolute atomic E-state index is 9.10. The second kappa shape index (κ2) is 5.15. The number of hydrogen-bond donors (Lipinski definition) is 1. The Kier molecular flexibility index (Phi) is 4.11. The Balaban J connectivity index is 2.87. The fourth-order valence-corrected chi connectivity index (χ4v) is 2.23. The molecule has 0 radical (unpaired) electrons. The van der Waals surface area contributed by atoms with Gasteiger partial charge in [-0.3, -0.25) is 0 Å². The molecule has 1 rings (SSSR count). The van der Waals surface area contributed by atoms with Gasteiger partial charge in [0, 0.05) is 5.41 Å². The van der Waals surface area contributed by atoms with Gasteiger partial charge in [0.05, 0.1) is 5.71 Å². The third-order valence-corrected chi connectivity index (χ3v) is 2.84. The summed E-state index contributed by atoms with van der Waals surface area (Å²) in [5.74, 6) is 0.267. The van der Waals surface area contributed by atoms with Gasteiger partial charge in [-0.15, -0.1) is 0 Å². The number of hydrogen-bond acceptors (Lipinski definition) is 2. The zero-order chi connectivity index (χ0) is 12.2. The van der Waals surface area contributed by atoms with E-state index in [9.17, 15) is 0 Å². The van der Waals surface area contributed by atoms with E-state index in [-0.39, 0.29) is 11.3 Å². The van der Waals surface area contributed by atoms with Gasteiger partial charge >= 0.3 is 0 Å². The van der Waals surface area contributed by atoms with Crippen LogP contribution in [0.15, 0.2) is 35.5 Å². The molecule has 1 aromatic carbocycles. The summed E-state index contributed by atoms with van der Waals surface area (Å²) < 4.78 is 0. The van der Waals surface area contributed by atoms with Gasteiger partial charge in [0.15, 0.2) is 0 Å². The molecule has 0 fully saturated rings. The molecule has 0 aliphatic heterocycles. The molecule has 0 spiro atoms. The van der Waals surface area contributed by atoms with Gasteiger partial charge in [-0.25, -0.2) is 0 Å². The topological polar surface area (TPSA) is 32.6 Å². The molecule has 0 heterocycles. The SMILES string of the molecule is CC(C)/C(=N/O)C(C)(C)Cc1ccccc1. The first-order valence-corrected chi connectivity index (χ1v) is 5.73. The highest BCUT2D eigenvalue weighted by Crippen LogP contribution is 2.27. The summed E-state index contributed by atoms with van der Waals surface area (Å²) in [7, 11) is 0. The average Bonchev–Trinajstić information content (AvgIpc) is 2.18. The maximum Gasteiger partial charge on any atom is 0.0655 e. The van der Waals surface area contributed by atoms with E-state index in [1.807, 2.05) is 18.2 Å². The van der Waals surface area contributed by atoms with Crippen molar-refractivity contribution in [3.63, 3.8) is 0 Å². The molecule has 0 aromatic heterocycles. The predicted molar refractivity (Wildman–Crippen MR) is 68.0 cm³/mol. The van der Waals surface area contributed by atoms with Gasteiger partial charge in [0.2, 0.25) is 0 Å². The molecule has 0 aliphatic carbocycles. The zero-order valence-electron chi connectivity index (χ0n) is 10.6. The monoisotopic (exact) mass is 219 g/mol. The maximum atomic E-state index is 9.10. The lowest BCUT2D eigenvalue weighted by molar-refractivity contribution is 0.303. The van der Waals surface area contributed by atoms with E-state index in [2.05, 4.69) is 45.0 Å². The molecular weight excluding hydrogens is 198 g/mol. The third-order valence-electron chi connectivity index (χ3n) is 2.84. The molecule has 0 amide bonds. The van der Waals surface area contributed by atoms with E-state index in [1.165, 1.54) is 5.56 Å². The van der Waals surface area contributed by atoms with Crippen LogP contribution in [0.3, 0.4) is 0 Å². The molecule has 1 aromatic rings. The summed E-state index contributed by atoms with van der Waals surface area (Å²) in [5, 5.41) is 12.6. The molecular formula is C14H21NO. The van der Waals surface area contributed by atoms with Crippen LogP contribution in [0.5, 0.6) is 0 Å². The number of nitrogens with zero attached hydrogens (tertiary/aromatic N) is 1. The number of rotatable bonds is 4. The molecule has 0 aliphatic rings. The summed E-state index contributed by atoms with van der Waals surface area (Å²) in [6, 6.07) is 10.3. The largest absolute Gasteiger partial charge is 0.411 e. The fraction of sp³-hybridized carbons (Fsp3) is 0.500. The molecule has 2 heteroatoms. The second-order valence-electron chi connectivity index (χ2n) is 5.19. The summed E-state index contributed by atoms with van der Waals surface area (Å²) in [6.45, 7) is 8.35. The lowest BCUT2D eigenvalue weighted by Gasteiger charge is -2.28.